The molecule has 0 amide bonds. The predicted octanol–water partition coefficient (Wildman–Crippen LogP) is 1.15. The average Bonchev–Trinajstić information content (AvgIpc) is 2.67. The van der Waals surface area contributed by atoms with Gasteiger partial charge in [0, 0.05) is 5.56 Å². The number of ether oxygens (including phenoxy) is 2. The summed E-state index contributed by atoms with van der Waals surface area (Å²) in [7, 11) is 0. The fourth-order valence-electron chi connectivity index (χ4n) is 1.63. The van der Waals surface area contributed by atoms with Gasteiger partial charge in [-0.25, -0.2) is 0 Å². The molecule has 0 spiro atoms. The molecule has 3 N–H and O–H groups in total. The van der Waals surface area contributed by atoms with E-state index in [2.05, 4.69) is 0 Å². The van der Waals surface area contributed by atoms with Gasteiger partial charge in [0.15, 0.2) is 6.29 Å². The second-order valence-corrected chi connectivity index (χ2v) is 3.60. The van der Waals surface area contributed by atoms with Crippen LogP contribution in [0.15, 0.2) is 24.3 Å². The van der Waals surface area contributed by atoms with Crippen molar-refractivity contribution in [3.8, 4) is 5.75 Å². The number of nitrogens with two attached hydrogens (primary N) is 1. The fourth-order valence-corrected chi connectivity index (χ4v) is 1.63. The molecule has 1 saturated heterocycles. The van der Waals surface area contributed by atoms with E-state index >= 15 is 0 Å². The van der Waals surface area contributed by atoms with E-state index in [9.17, 15) is 5.11 Å². The Labute approximate surface area is 88.6 Å². The highest BCUT2D eigenvalue weighted by molar-refractivity contribution is 5.28. The van der Waals surface area contributed by atoms with Gasteiger partial charge in [-0.3, -0.25) is 0 Å². The number of hydrogen-bond donors (Lipinski definition) is 2. The lowest BCUT2D eigenvalue weighted by atomic mass is 10.2. The summed E-state index contributed by atoms with van der Waals surface area (Å²) in [6.45, 7) is 1.16. The molecule has 2 atom stereocenters. The van der Waals surface area contributed by atoms with Crippen molar-refractivity contribution in [1.82, 2.24) is 0 Å². The van der Waals surface area contributed by atoms with Crippen molar-refractivity contribution >= 4 is 0 Å². The molecule has 0 aromatic heterocycles. The molecule has 4 nitrogen and oxygen atoms in total. The van der Waals surface area contributed by atoms with Crippen LogP contribution in [0.4, 0.5) is 0 Å². The summed E-state index contributed by atoms with van der Waals surface area (Å²) < 4.78 is 11.1. The van der Waals surface area contributed by atoms with Gasteiger partial charge in [-0.05, 0) is 25.1 Å². The van der Waals surface area contributed by atoms with Crippen LogP contribution in [0.2, 0.25) is 0 Å². The van der Waals surface area contributed by atoms with Crippen molar-refractivity contribution in [2.24, 2.45) is 5.73 Å². The van der Waals surface area contributed by atoms with Gasteiger partial charge in [-0.15, -0.1) is 0 Å². The van der Waals surface area contributed by atoms with E-state index in [1.807, 2.05) is 6.07 Å². The lowest BCUT2D eigenvalue weighted by Crippen LogP contribution is -2.15. The van der Waals surface area contributed by atoms with E-state index in [1.54, 1.807) is 18.2 Å². The van der Waals surface area contributed by atoms with Gasteiger partial charge in [-0.2, -0.15) is 0 Å². The van der Waals surface area contributed by atoms with Crippen molar-refractivity contribution in [2.75, 3.05) is 13.2 Å². The number of phenolic OH excluding ortho intramolecular Hbond substituents is 1. The molecule has 0 saturated carbocycles. The molecule has 1 heterocycles. The first-order chi connectivity index (χ1) is 7.29. The van der Waals surface area contributed by atoms with Gasteiger partial charge < -0.3 is 20.3 Å². The van der Waals surface area contributed by atoms with Gasteiger partial charge in [0.2, 0.25) is 0 Å². The fraction of sp³-hybridized carbons (Fsp3) is 0.455. The van der Waals surface area contributed by atoms with Crippen LogP contribution < -0.4 is 5.73 Å². The van der Waals surface area contributed by atoms with Crippen LogP contribution in [-0.4, -0.2) is 24.4 Å². The summed E-state index contributed by atoms with van der Waals surface area (Å²) in [5, 5.41) is 9.31. The molecular formula is C11H15NO3. The van der Waals surface area contributed by atoms with Crippen molar-refractivity contribution in [3.05, 3.63) is 29.8 Å². The van der Waals surface area contributed by atoms with Gasteiger partial charge in [0.05, 0.1) is 12.7 Å². The van der Waals surface area contributed by atoms with Crippen molar-refractivity contribution in [3.63, 3.8) is 0 Å². The molecule has 1 aromatic rings. The van der Waals surface area contributed by atoms with Crippen LogP contribution in [0.3, 0.4) is 0 Å². The summed E-state index contributed by atoms with van der Waals surface area (Å²) in [4.78, 5) is 0. The molecule has 0 aliphatic carbocycles. The maximum atomic E-state index is 9.31. The maximum absolute atomic E-state index is 9.31. The standard InChI is InChI=1S/C11H15NO3/c12-5-4-10-7-14-11(15-10)8-2-1-3-9(13)6-8/h1-3,6,10-11,13H,4-5,7,12H2. The number of phenols is 1. The Morgan fingerprint density at radius 3 is 3.07 bits per heavy atom. The Morgan fingerprint density at radius 1 is 1.47 bits per heavy atom. The summed E-state index contributed by atoms with van der Waals surface area (Å²) in [5.74, 6) is 0.224. The second kappa shape index (κ2) is 4.61. The first-order valence-corrected chi connectivity index (χ1v) is 5.05. The molecule has 82 valence electrons. The molecule has 0 radical (unpaired) electrons. The largest absolute Gasteiger partial charge is 0.508 e. The minimum atomic E-state index is -0.367. The molecule has 1 fully saturated rings. The summed E-state index contributed by atoms with van der Waals surface area (Å²) in [6, 6.07) is 6.91. The lowest BCUT2D eigenvalue weighted by Gasteiger charge is -2.11. The van der Waals surface area contributed by atoms with Gasteiger partial charge in [0.1, 0.15) is 5.75 Å². The third-order valence-corrected chi connectivity index (χ3v) is 2.38. The van der Waals surface area contributed by atoms with E-state index in [0.29, 0.717) is 13.2 Å². The highest BCUT2D eigenvalue weighted by atomic mass is 16.7. The predicted molar refractivity (Wildman–Crippen MR) is 55.3 cm³/mol. The Hall–Kier alpha value is -1.10. The van der Waals surface area contributed by atoms with Crippen molar-refractivity contribution < 1.29 is 14.6 Å². The molecule has 2 unspecified atom stereocenters. The molecule has 4 heteroatoms. The van der Waals surface area contributed by atoms with Crippen molar-refractivity contribution in [1.29, 1.82) is 0 Å². The summed E-state index contributed by atoms with van der Waals surface area (Å²) in [5.41, 5.74) is 6.28. The van der Waals surface area contributed by atoms with Gasteiger partial charge in [-0.1, -0.05) is 12.1 Å². The molecule has 0 bridgehead atoms. The zero-order valence-corrected chi connectivity index (χ0v) is 8.43. The molecule has 1 aromatic carbocycles. The molecular weight excluding hydrogens is 194 g/mol. The monoisotopic (exact) mass is 209 g/mol. The SMILES string of the molecule is NCCC1COC(c2cccc(O)c2)O1. The van der Waals surface area contributed by atoms with Crippen LogP contribution >= 0.6 is 0 Å². The highest BCUT2D eigenvalue weighted by Crippen LogP contribution is 2.29. The van der Waals surface area contributed by atoms with Crippen LogP contribution in [-0.2, 0) is 9.47 Å². The topological polar surface area (TPSA) is 64.7 Å². The van der Waals surface area contributed by atoms with E-state index < -0.39 is 0 Å². The smallest absolute Gasteiger partial charge is 0.184 e. The van der Waals surface area contributed by atoms with Gasteiger partial charge in [0.25, 0.3) is 0 Å². The lowest BCUT2D eigenvalue weighted by molar-refractivity contribution is -0.0608. The van der Waals surface area contributed by atoms with E-state index in [4.69, 9.17) is 15.2 Å². The van der Waals surface area contributed by atoms with E-state index in [1.165, 1.54) is 0 Å². The Bertz CT molecular complexity index is 329. The minimum absolute atomic E-state index is 0.0716. The second-order valence-electron chi connectivity index (χ2n) is 3.60. The van der Waals surface area contributed by atoms with Crippen LogP contribution in [0, 0.1) is 0 Å². The van der Waals surface area contributed by atoms with Crippen molar-refractivity contribution in [2.45, 2.75) is 18.8 Å². The zero-order valence-electron chi connectivity index (χ0n) is 8.43. The number of aromatic hydroxyl groups is 1. The molecule has 1 aliphatic rings. The van der Waals surface area contributed by atoms with Crippen LogP contribution in [0.5, 0.6) is 5.75 Å². The Morgan fingerprint density at radius 2 is 2.33 bits per heavy atom. The van der Waals surface area contributed by atoms with E-state index in [0.717, 1.165) is 12.0 Å². The third-order valence-electron chi connectivity index (χ3n) is 2.38. The third kappa shape index (κ3) is 2.47. The van der Waals surface area contributed by atoms with Crippen LogP contribution in [0.1, 0.15) is 18.3 Å². The quantitative estimate of drug-likeness (QED) is 0.784. The maximum Gasteiger partial charge on any atom is 0.184 e. The highest BCUT2D eigenvalue weighted by Gasteiger charge is 2.26. The first-order valence-electron chi connectivity index (χ1n) is 5.05. The minimum Gasteiger partial charge on any atom is -0.508 e. The molecule has 2 rings (SSSR count). The molecule has 1 aliphatic heterocycles. The number of benzene rings is 1. The zero-order chi connectivity index (χ0) is 10.7. The normalized spacial score (nSPS) is 25.7. The first kappa shape index (κ1) is 10.4. The van der Waals surface area contributed by atoms with E-state index in [-0.39, 0.29) is 18.1 Å². The Balaban J connectivity index is 2.01. The van der Waals surface area contributed by atoms with Crippen LogP contribution in [0.25, 0.3) is 0 Å². The summed E-state index contributed by atoms with van der Waals surface area (Å²) >= 11 is 0. The Kier molecular flexibility index (Phi) is 3.20. The average molecular weight is 209 g/mol. The van der Waals surface area contributed by atoms with Gasteiger partial charge >= 0.3 is 0 Å². The number of rotatable bonds is 3. The summed E-state index contributed by atoms with van der Waals surface area (Å²) in [6.07, 6.45) is 0.506. The number of hydrogen-bond acceptors (Lipinski definition) is 4. The molecule has 15 heavy (non-hydrogen) atoms.